The van der Waals surface area contributed by atoms with Crippen LogP contribution >= 0.6 is 11.8 Å². The van der Waals surface area contributed by atoms with E-state index in [1.165, 1.54) is 17.3 Å². The predicted octanol–water partition coefficient (Wildman–Crippen LogP) is 3.20. The number of hydrogen-bond donors (Lipinski definition) is 1. The lowest BCUT2D eigenvalue weighted by Crippen LogP contribution is -2.14. The van der Waals surface area contributed by atoms with Gasteiger partial charge in [-0.1, -0.05) is 22.9 Å². The second-order valence-corrected chi connectivity index (χ2v) is 5.99. The molecule has 20 heavy (non-hydrogen) atoms. The van der Waals surface area contributed by atoms with E-state index in [1.54, 1.807) is 0 Å². The molecular weight excluding hydrogens is 272 g/mol. The van der Waals surface area contributed by atoms with Crippen molar-refractivity contribution in [1.29, 1.82) is 0 Å². The quantitative estimate of drug-likeness (QED) is 0.878. The van der Waals surface area contributed by atoms with Gasteiger partial charge in [-0.05, 0) is 38.3 Å². The zero-order valence-corrected chi connectivity index (χ0v) is 12.1. The number of benzene rings is 1. The lowest BCUT2D eigenvalue weighted by molar-refractivity contribution is -0.113. The number of nitrogens with one attached hydrogen (secondary N) is 1. The molecule has 1 heterocycles. The monoisotopic (exact) mass is 288 g/mol. The van der Waals surface area contributed by atoms with E-state index in [2.05, 4.69) is 10.5 Å². The number of rotatable bonds is 4. The third-order valence-corrected chi connectivity index (χ3v) is 4.37. The highest BCUT2D eigenvalue weighted by Gasteiger charge is 2.22. The van der Waals surface area contributed by atoms with Gasteiger partial charge in [0, 0.05) is 10.5 Å². The topological polar surface area (TPSA) is 55.1 Å². The fourth-order valence-electron chi connectivity index (χ4n) is 2.27. The molecule has 0 radical (unpaired) electrons. The van der Waals surface area contributed by atoms with Crippen molar-refractivity contribution < 1.29 is 9.32 Å². The van der Waals surface area contributed by atoms with Gasteiger partial charge in [0.2, 0.25) is 11.8 Å². The number of carbonyl (C=O) groups is 1. The van der Waals surface area contributed by atoms with Crippen LogP contribution in [0.1, 0.15) is 23.2 Å². The van der Waals surface area contributed by atoms with Crippen LogP contribution in [-0.2, 0) is 17.6 Å². The first-order valence-electron chi connectivity index (χ1n) is 6.69. The van der Waals surface area contributed by atoms with E-state index in [9.17, 15) is 4.79 Å². The van der Waals surface area contributed by atoms with Gasteiger partial charge in [0.1, 0.15) is 0 Å². The molecule has 3 rings (SSSR count). The number of carbonyl (C=O) groups excluding carboxylic acids is 1. The van der Waals surface area contributed by atoms with E-state index in [-0.39, 0.29) is 5.91 Å². The van der Waals surface area contributed by atoms with E-state index in [4.69, 9.17) is 4.52 Å². The highest BCUT2D eigenvalue weighted by atomic mass is 32.2. The van der Waals surface area contributed by atoms with Crippen molar-refractivity contribution in [2.45, 2.75) is 31.1 Å². The molecular formula is C15H16N2O2S. The largest absolute Gasteiger partial charge is 0.338 e. The van der Waals surface area contributed by atoms with Gasteiger partial charge in [0.25, 0.3) is 0 Å². The number of hydrogen-bond acceptors (Lipinski definition) is 4. The van der Waals surface area contributed by atoms with Gasteiger partial charge >= 0.3 is 0 Å². The molecule has 1 aliphatic rings. The molecule has 1 N–H and O–H groups in total. The second kappa shape index (κ2) is 5.71. The molecule has 1 aromatic heterocycles. The van der Waals surface area contributed by atoms with Crippen LogP contribution < -0.4 is 5.32 Å². The minimum Gasteiger partial charge on any atom is -0.338 e. The Morgan fingerprint density at radius 3 is 2.95 bits per heavy atom. The molecule has 2 aromatic rings. The summed E-state index contributed by atoms with van der Waals surface area (Å²) in [6.45, 7) is 2.05. The third-order valence-electron chi connectivity index (χ3n) is 3.35. The maximum atomic E-state index is 11.9. The van der Waals surface area contributed by atoms with Crippen LogP contribution in [0.15, 0.2) is 33.7 Å². The van der Waals surface area contributed by atoms with Gasteiger partial charge in [-0.3, -0.25) is 10.1 Å². The number of thioether (sulfide) groups is 1. The summed E-state index contributed by atoms with van der Waals surface area (Å²) in [7, 11) is 0. The zero-order valence-electron chi connectivity index (χ0n) is 11.3. The smallest absolute Gasteiger partial charge is 0.237 e. The van der Waals surface area contributed by atoms with Gasteiger partial charge < -0.3 is 4.52 Å². The third kappa shape index (κ3) is 2.88. The predicted molar refractivity (Wildman–Crippen MR) is 79.1 cm³/mol. The summed E-state index contributed by atoms with van der Waals surface area (Å²) in [5, 5.41) is 6.80. The summed E-state index contributed by atoms with van der Waals surface area (Å²) in [4.78, 5) is 13.0. The lowest BCUT2D eigenvalue weighted by atomic mass is 10.2. The molecule has 0 atom stereocenters. The SMILES string of the molecule is Cc1ccc(SCC(=O)Nc2onc3c2CCC3)cc1. The van der Waals surface area contributed by atoms with E-state index < -0.39 is 0 Å². The normalized spacial score (nSPS) is 13.2. The Kier molecular flexibility index (Phi) is 3.78. The van der Waals surface area contributed by atoms with Gasteiger partial charge in [-0.25, -0.2) is 0 Å². The maximum absolute atomic E-state index is 11.9. The van der Waals surface area contributed by atoms with Gasteiger partial charge in [0.15, 0.2) is 0 Å². The lowest BCUT2D eigenvalue weighted by Gasteiger charge is -2.03. The number of fused-ring (bicyclic) bond motifs is 1. The van der Waals surface area contributed by atoms with Crippen molar-refractivity contribution in [1.82, 2.24) is 5.16 Å². The van der Waals surface area contributed by atoms with Crippen molar-refractivity contribution in [2.75, 3.05) is 11.1 Å². The van der Waals surface area contributed by atoms with Crippen LogP contribution in [0.5, 0.6) is 0 Å². The van der Waals surface area contributed by atoms with Crippen LogP contribution in [-0.4, -0.2) is 16.8 Å². The molecule has 0 bridgehead atoms. The molecule has 0 fully saturated rings. The van der Waals surface area contributed by atoms with Gasteiger partial charge in [-0.15, -0.1) is 11.8 Å². The van der Waals surface area contributed by atoms with Crippen molar-refractivity contribution in [2.24, 2.45) is 0 Å². The Morgan fingerprint density at radius 1 is 1.35 bits per heavy atom. The van der Waals surface area contributed by atoms with E-state index in [0.29, 0.717) is 11.6 Å². The van der Waals surface area contributed by atoms with Gasteiger partial charge in [0.05, 0.1) is 11.4 Å². The molecule has 104 valence electrons. The molecule has 0 saturated heterocycles. The van der Waals surface area contributed by atoms with Crippen LogP contribution in [0.2, 0.25) is 0 Å². The number of aromatic nitrogens is 1. The van der Waals surface area contributed by atoms with E-state index in [1.807, 2.05) is 31.2 Å². The Hall–Kier alpha value is -1.75. The molecule has 0 spiro atoms. The highest BCUT2D eigenvalue weighted by molar-refractivity contribution is 8.00. The van der Waals surface area contributed by atoms with Crippen molar-refractivity contribution in [3.63, 3.8) is 0 Å². The fraction of sp³-hybridized carbons (Fsp3) is 0.333. The molecule has 0 unspecified atom stereocenters. The van der Waals surface area contributed by atoms with Crippen LogP contribution in [0, 0.1) is 6.92 Å². The molecule has 1 aromatic carbocycles. The first-order valence-corrected chi connectivity index (χ1v) is 7.67. The van der Waals surface area contributed by atoms with Crippen LogP contribution in [0.3, 0.4) is 0 Å². The molecule has 5 heteroatoms. The summed E-state index contributed by atoms with van der Waals surface area (Å²) in [5.41, 5.74) is 3.28. The van der Waals surface area contributed by atoms with Crippen molar-refractivity contribution in [3.05, 3.63) is 41.1 Å². The number of anilines is 1. The van der Waals surface area contributed by atoms with Crippen LogP contribution in [0.25, 0.3) is 0 Å². The highest BCUT2D eigenvalue weighted by Crippen LogP contribution is 2.28. The molecule has 1 aliphatic carbocycles. The van der Waals surface area contributed by atoms with E-state index in [0.717, 1.165) is 35.4 Å². The minimum absolute atomic E-state index is 0.0542. The zero-order chi connectivity index (χ0) is 13.9. The summed E-state index contributed by atoms with van der Waals surface area (Å²) in [6, 6.07) is 8.14. The Labute approximate surface area is 121 Å². The van der Waals surface area contributed by atoms with Gasteiger partial charge in [-0.2, -0.15) is 0 Å². The summed E-state index contributed by atoms with van der Waals surface area (Å²) in [5.74, 6) is 0.854. The Morgan fingerprint density at radius 2 is 2.15 bits per heavy atom. The first kappa shape index (κ1) is 13.2. The molecule has 0 saturated carbocycles. The summed E-state index contributed by atoms with van der Waals surface area (Å²) in [6.07, 6.45) is 2.99. The van der Waals surface area contributed by atoms with Crippen molar-refractivity contribution in [3.8, 4) is 0 Å². The Bertz CT molecular complexity index is 619. The molecule has 0 aliphatic heterocycles. The standard InChI is InChI=1S/C15H16N2O2S/c1-10-5-7-11(8-6-10)20-9-14(18)16-15-12-3-2-4-13(12)17-19-15/h5-8H,2-4,9H2,1H3,(H,16,18). The minimum atomic E-state index is -0.0542. The Balaban J connectivity index is 1.56. The average Bonchev–Trinajstić information content (AvgIpc) is 3.03. The summed E-state index contributed by atoms with van der Waals surface area (Å²) < 4.78 is 5.18. The number of nitrogens with zero attached hydrogens (tertiary/aromatic N) is 1. The van der Waals surface area contributed by atoms with Crippen molar-refractivity contribution >= 4 is 23.6 Å². The number of aryl methyl sites for hydroxylation is 2. The van der Waals surface area contributed by atoms with E-state index >= 15 is 0 Å². The molecule has 1 amide bonds. The summed E-state index contributed by atoms with van der Waals surface area (Å²) >= 11 is 1.52. The van der Waals surface area contributed by atoms with Crippen LogP contribution in [0.4, 0.5) is 5.88 Å². The molecule has 4 nitrogen and oxygen atoms in total. The maximum Gasteiger partial charge on any atom is 0.237 e. The average molecular weight is 288 g/mol. The fourth-order valence-corrected chi connectivity index (χ4v) is 2.97. The number of amides is 1. The second-order valence-electron chi connectivity index (χ2n) is 4.94. The first-order chi connectivity index (χ1) is 9.72.